The number of aryl methyl sites for hydroxylation is 1. The summed E-state index contributed by atoms with van der Waals surface area (Å²) in [4.78, 5) is 16.7. The van der Waals surface area contributed by atoms with E-state index in [1.54, 1.807) is 12.1 Å². The van der Waals surface area contributed by atoms with Crippen molar-refractivity contribution in [3.8, 4) is 16.9 Å². The van der Waals surface area contributed by atoms with Crippen molar-refractivity contribution in [2.75, 3.05) is 0 Å². The zero-order valence-electron chi connectivity index (χ0n) is 15.7. The van der Waals surface area contributed by atoms with Crippen LogP contribution in [0.15, 0.2) is 55.0 Å². The molecule has 2 heterocycles. The van der Waals surface area contributed by atoms with E-state index in [0.717, 1.165) is 0 Å². The summed E-state index contributed by atoms with van der Waals surface area (Å²) in [6, 6.07) is 11.3. The van der Waals surface area contributed by atoms with Crippen LogP contribution in [0.4, 0.5) is 14.5 Å². The second-order valence-corrected chi connectivity index (χ2v) is 6.54. The van der Waals surface area contributed by atoms with Crippen molar-refractivity contribution in [2.24, 2.45) is 0 Å². The third-order valence-corrected chi connectivity index (χ3v) is 4.57. The fraction of sp³-hybridized carbons (Fsp3) is 0.0952. The predicted octanol–water partition coefficient (Wildman–Crippen LogP) is 4.22. The topological polar surface area (TPSA) is 86.7 Å². The molecule has 0 unspecified atom stereocenters. The van der Waals surface area contributed by atoms with Crippen molar-refractivity contribution >= 4 is 5.69 Å². The molecule has 2 aromatic carbocycles. The molecule has 30 heavy (non-hydrogen) atoms. The maximum absolute atomic E-state index is 14.1. The maximum Gasteiger partial charge on any atom is 0.280 e. The number of pyridine rings is 1. The fourth-order valence-electron chi connectivity index (χ4n) is 3.22. The number of rotatable bonds is 5. The van der Waals surface area contributed by atoms with Crippen molar-refractivity contribution in [1.82, 2.24) is 20.0 Å². The fourth-order valence-corrected chi connectivity index (χ4v) is 3.22. The molecule has 4 rings (SSSR count). The molecule has 7 nitrogen and oxygen atoms in total. The van der Waals surface area contributed by atoms with Crippen LogP contribution in [-0.2, 0) is 6.42 Å². The van der Waals surface area contributed by atoms with Gasteiger partial charge in [0.05, 0.1) is 22.9 Å². The minimum Gasteiger partial charge on any atom is -0.258 e. The molecule has 0 bridgehead atoms. The summed E-state index contributed by atoms with van der Waals surface area (Å²) in [6.45, 7) is 1.54. The van der Waals surface area contributed by atoms with Crippen LogP contribution in [0.5, 0.6) is 0 Å². The summed E-state index contributed by atoms with van der Waals surface area (Å²) in [6.07, 6.45) is 4.39. The van der Waals surface area contributed by atoms with E-state index in [0.29, 0.717) is 16.9 Å². The zero-order valence-corrected chi connectivity index (χ0v) is 15.7. The third-order valence-electron chi connectivity index (χ3n) is 4.57. The number of nitrogens with zero attached hydrogens (tertiary/aromatic N) is 5. The van der Waals surface area contributed by atoms with Crippen molar-refractivity contribution in [3.63, 3.8) is 0 Å². The Hall–Kier alpha value is -4.01. The highest BCUT2D eigenvalue weighted by atomic mass is 19.1. The highest BCUT2D eigenvalue weighted by Crippen LogP contribution is 2.34. The molecule has 0 aliphatic carbocycles. The van der Waals surface area contributed by atoms with Gasteiger partial charge in [-0.25, -0.2) is 13.8 Å². The lowest BCUT2D eigenvalue weighted by Crippen LogP contribution is -2.03. The van der Waals surface area contributed by atoms with Crippen LogP contribution in [0.2, 0.25) is 0 Å². The Morgan fingerprint density at radius 3 is 2.43 bits per heavy atom. The first-order valence-corrected chi connectivity index (χ1v) is 8.90. The SMILES string of the molecule is Cc1[c]c(Cc2c(F)cccc2F)cc(-c2ccc(-n3nccn3)nc2)c1[N+](=O)[O-]. The Morgan fingerprint density at radius 2 is 1.83 bits per heavy atom. The van der Waals surface area contributed by atoms with Gasteiger partial charge in [-0.3, -0.25) is 10.1 Å². The molecule has 2 aromatic heterocycles. The maximum atomic E-state index is 14.1. The minimum absolute atomic E-state index is 0.0902. The molecule has 0 spiro atoms. The summed E-state index contributed by atoms with van der Waals surface area (Å²) in [7, 11) is 0. The van der Waals surface area contributed by atoms with Gasteiger partial charge in [0.15, 0.2) is 5.82 Å². The molecule has 0 atom stereocenters. The lowest BCUT2D eigenvalue weighted by Gasteiger charge is -2.11. The van der Waals surface area contributed by atoms with Gasteiger partial charge in [0.1, 0.15) is 11.6 Å². The molecule has 0 aliphatic rings. The first kappa shape index (κ1) is 19.3. The summed E-state index contributed by atoms with van der Waals surface area (Å²) in [5.74, 6) is -0.920. The molecule has 1 radical (unpaired) electrons. The molecule has 149 valence electrons. The second kappa shape index (κ2) is 7.78. The van der Waals surface area contributed by atoms with Gasteiger partial charge in [-0.15, -0.1) is 4.80 Å². The van der Waals surface area contributed by atoms with Crippen molar-refractivity contribution < 1.29 is 13.7 Å². The molecule has 0 N–H and O–H groups in total. The van der Waals surface area contributed by atoms with E-state index in [9.17, 15) is 18.9 Å². The average Bonchev–Trinajstić information content (AvgIpc) is 3.25. The number of aromatic nitrogens is 4. The number of hydrogen-bond acceptors (Lipinski definition) is 5. The summed E-state index contributed by atoms with van der Waals surface area (Å²) in [5, 5.41) is 19.6. The van der Waals surface area contributed by atoms with Crippen LogP contribution in [0.1, 0.15) is 16.7 Å². The number of nitro groups is 1. The highest BCUT2D eigenvalue weighted by Gasteiger charge is 2.22. The van der Waals surface area contributed by atoms with Crippen LogP contribution in [-0.4, -0.2) is 24.9 Å². The van der Waals surface area contributed by atoms with Gasteiger partial charge in [0, 0.05) is 29.3 Å². The second-order valence-electron chi connectivity index (χ2n) is 6.54. The Bertz CT molecular complexity index is 1200. The molecular weight excluding hydrogens is 392 g/mol. The van der Waals surface area contributed by atoms with Gasteiger partial charge in [0.2, 0.25) is 0 Å². The summed E-state index contributed by atoms with van der Waals surface area (Å²) in [5.41, 5.74) is 1.20. The summed E-state index contributed by atoms with van der Waals surface area (Å²) >= 11 is 0. The minimum atomic E-state index is -0.682. The number of nitro benzene ring substituents is 1. The van der Waals surface area contributed by atoms with Crippen LogP contribution >= 0.6 is 0 Å². The monoisotopic (exact) mass is 406 g/mol. The van der Waals surface area contributed by atoms with E-state index in [4.69, 9.17) is 0 Å². The van der Waals surface area contributed by atoms with E-state index in [-0.39, 0.29) is 28.8 Å². The van der Waals surface area contributed by atoms with Gasteiger partial charge in [-0.05, 0) is 48.9 Å². The third kappa shape index (κ3) is 3.64. The van der Waals surface area contributed by atoms with Crippen LogP contribution in [0.3, 0.4) is 0 Å². The smallest absolute Gasteiger partial charge is 0.258 e. The van der Waals surface area contributed by atoms with E-state index < -0.39 is 16.6 Å². The molecule has 0 saturated heterocycles. The normalized spacial score (nSPS) is 10.9. The van der Waals surface area contributed by atoms with Crippen molar-refractivity contribution in [3.05, 3.63) is 99.5 Å². The van der Waals surface area contributed by atoms with E-state index in [2.05, 4.69) is 21.2 Å². The standard InChI is InChI=1S/C21H14F2N5O2/c1-13-9-14(11-17-18(22)3-2-4-19(17)23)10-16(21(13)28(29)30)15-5-6-20(24-12-15)27-25-7-8-26-27/h2-8,10,12H,11H2,1H3. The Balaban J connectivity index is 1.79. The van der Waals surface area contributed by atoms with Crippen molar-refractivity contribution in [2.45, 2.75) is 13.3 Å². The first-order chi connectivity index (χ1) is 14.4. The Morgan fingerprint density at radius 1 is 1.13 bits per heavy atom. The Labute approximate surface area is 169 Å². The first-order valence-electron chi connectivity index (χ1n) is 8.90. The molecule has 0 saturated carbocycles. The van der Waals surface area contributed by atoms with Gasteiger partial charge in [-0.1, -0.05) is 6.07 Å². The zero-order chi connectivity index (χ0) is 21.3. The average molecular weight is 406 g/mol. The molecule has 0 fully saturated rings. The van der Waals surface area contributed by atoms with Gasteiger partial charge in [0.25, 0.3) is 5.69 Å². The van der Waals surface area contributed by atoms with Gasteiger partial charge < -0.3 is 0 Å². The van der Waals surface area contributed by atoms with Crippen LogP contribution in [0.25, 0.3) is 16.9 Å². The molecule has 0 aliphatic heterocycles. The van der Waals surface area contributed by atoms with Gasteiger partial charge in [-0.2, -0.15) is 10.2 Å². The number of hydrogen-bond donors (Lipinski definition) is 0. The molecule has 9 heteroatoms. The van der Waals surface area contributed by atoms with E-state index in [1.165, 1.54) is 54.6 Å². The Kier molecular flexibility index (Phi) is 5.01. The summed E-state index contributed by atoms with van der Waals surface area (Å²) < 4.78 is 28.1. The predicted molar refractivity (Wildman–Crippen MR) is 104 cm³/mol. The van der Waals surface area contributed by atoms with Crippen LogP contribution in [0, 0.1) is 34.7 Å². The van der Waals surface area contributed by atoms with E-state index in [1.807, 2.05) is 0 Å². The lowest BCUT2D eigenvalue weighted by atomic mass is 9.95. The number of benzene rings is 2. The lowest BCUT2D eigenvalue weighted by molar-refractivity contribution is -0.384. The van der Waals surface area contributed by atoms with Crippen molar-refractivity contribution in [1.29, 1.82) is 0 Å². The number of halogens is 2. The molecule has 4 aromatic rings. The molecule has 0 amide bonds. The quantitative estimate of drug-likeness (QED) is 0.366. The van der Waals surface area contributed by atoms with Gasteiger partial charge >= 0.3 is 0 Å². The largest absolute Gasteiger partial charge is 0.280 e. The molecular formula is C21H14F2N5O2. The highest BCUT2D eigenvalue weighted by molar-refractivity contribution is 5.76. The van der Waals surface area contributed by atoms with E-state index >= 15 is 0 Å². The van der Waals surface area contributed by atoms with Crippen LogP contribution < -0.4 is 0 Å².